The Morgan fingerprint density at radius 3 is 2.77 bits per heavy atom. The average Bonchev–Trinajstić information content (AvgIpc) is 3.15. The van der Waals surface area contributed by atoms with Crippen molar-refractivity contribution in [3.63, 3.8) is 0 Å². The van der Waals surface area contributed by atoms with E-state index in [2.05, 4.69) is 5.32 Å². The molecule has 3 rings (SSSR count). The van der Waals surface area contributed by atoms with Crippen LogP contribution in [0.5, 0.6) is 0 Å². The van der Waals surface area contributed by atoms with Gasteiger partial charge in [-0.3, -0.25) is 14.5 Å². The third-order valence-corrected chi connectivity index (χ3v) is 4.44. The Morgan fingerprint density at radius 1 is 1.38 bits per heavy atom. The summed E-state index contributed by atoms with van der Waals surface area (Å²) in [5.41, 5.74) is 1.36. The van der Waals surface area contributed by atoms with E-state index in [0.29, 0.717) is 23.5 Å². The third-order valence-electron chi connectivity index (χ3n) is 4.44. The predicted octanol–water partition coefficient (Wildman–Crippen LogP) is 1.62. The molecule has 0 saturated carbocycles. The van der Waals surface area contributed by atoms with Crippen LogP contribution in [-0.4, -0.2) is 50.1 Å². The van der Waals surface area contributed by atoms with E-state index in [0.717, 1.165) is 0 Å². The molecule has 2 aliphatic rings. The standard InChI is InChI=1S/C18H20FN3O4/c1-3-12-8-21(10-17(12)24)16-5-4-13(6-15(16)19)22-9-14(26-18(22)25)7-20-11(2)23/h3-6,14H,7-10H2,1-2H3,(H,20,23)/b12-3+/t14-/m0/s1. The van der Waals surface area contributed by atoms with Crippen LogP contribution < -0.4 is 15.1 Å². The van der Waals surface area contributed by atoms with Crippen molar-refractivity contribution in [3.8, 4) is 0 Å². The highest BCUT2D eigenvalue weighted by Gasteiger charge is 2.33. The zero-order valence-electron chi connectivity index (χ0n) is 14.6. The number of ether oxygens (including phenoxy) is 1. The number of amides is 2. The molecule has 0 bridgehead atoms. The number of rotatable bonds is 4. The van der Waals surface area contributed by atoms with Gasteiger partial charge < -0.3 is 15.0 Å². The Hall–Kier alpha value is -2.90. The van der Waals surface area contributed by atoms with Gasteiger partial charge in [-0.15, -0.1) is 0 Å². The van der Waals surface area contributed by atoms with Gasteiger partial charge in [-0.05, 0) is 25.1 Å². The minimum absolute atomic E-state index is 0.0140. The van der Waals surface area contributed by atoms with Crippen LogP contribution in [0.15, 0.2) is 29.8 Å². The Labute approximate surface area is 150 Å². The highest BCUT2D eigenvalue weighted by atomic mass is 19.1. The Kier molecular flexibility index (Phi) is 4.92. The lowest BCUT2D eigenvalue weighted by Gasteiger charge is -2.19. The minimum atomic E-state index is -0.583. The molecule has 2 amide bonds. The lowest BCUT2D eigenvalue weighted by molar-refractivity contribution is -0.119. The number of anilines is 2. The van der Waals surface area contributed by atoms with Gasteiger partial charge in [0, 0.05) is 19.0 Å². The minimum Gasteiger partial charge on any atom is -0.442 e. The first-order chi connectivity index (χ1) is 12.4. The van der Waals surface area contributed by atoms with E-state index >= 15 is 0 Å². The molecule has 2 aliphatic heterocycles. The highest BCUT2D eigenvalue weighted by Crippen LogP contribution is 2.30. The molecule has 2 fully saturated rings. The van der Waals surface area contributed by atoms with Gasteiger partial charge in [0.25, 0.3) is 0 Å². The van der Waals surface area contributed by atoms with Crippen molar-refractivity contribution in [1.82, 2.24) is 5.32 Å². The maximum Gasteiger partial charge on any atom is 0.414 e. The molecule has 1 N–H and O–H groups in total. The maximum atomic E-state index is 14.6. The molecule has 26 heavy (non-hydrogen) atoms. The Bertz CT molecular complexity index is 793. The van der Waals surface area contributed by atoms with Gasteiger partial charge in [0.1, 0.15) is 11.9 Å². The van der Waals surface area contributed by atoms with Crippen LogP contribution >= 0.6 is 0 Å². The number of hydrogen-bond donors (Lipinski definition) is 1. The Balaban J connectivity index is 1.73. The largest absolute Gasteiger partial charge is 0.442 e. The van der Waals surface area contributed by atoms with E-state index in [-0.39, 0.29) is 31.3 Å². The monoisotopic (exact) mass is 361 g/mol. The van der Waals surface area contributed by atoms with Crippen LogP contribution in [0.3, 0.4) is 0 Å². The van der Waals surface area contributed by atoms with Gasteiger partial charge in [-0.1, -0.05) is 6.08 Å². The lowest BCUT2D eigenvalue weighted by Crippen LogP contribution is -2.33. The number of halogens is 1. The molecule has 1 aromatic carbocycles. The van der Waals surface area contributed by atoms with Crippen molar-refractivity contribution in [2.45, 2.75) is 20.0 Å². The third kappa shape index (κ3) is 3.54. The smallest absolute Gasteiger partial charge is 0.414 e. The van der Waals surface area contributed by atoms with Gasteiger partial charge in [0.15, 0.2) is 5.78 Å². The molecule has 0 unspecified atom stereocenters. The van der Waals surface area contributed by atoms with Gasteiger partial charge in [0.2, 0.25) is 5.91 Å². The van der Waals surface area contributed by atoms with E-state index < -0.39 is 18.0 Å². The number of ketones is 1. The summed E-state index contributed by atoms with van der Waals surface area (Å²) in [4.78, 5) is 37.8. The fraction of sp³-hybridized carbons (Fsp3) is 0.389. The summed E-state index contributed by atoms with van der Waals surface area (Å²) in [7, 11) is 0. The molecule has 0 radical (unpaired) electrons. The van der Waals surface area contributed by atoms with Crippen molar-refractivity contribution in [1.29, 1.82) is 0 Å². The second kappa shape index (κ2) is 7.15. The van der Waals surface area contributed by atoms with E-state index in [1.54, 1.807) is 30.0 Å². The van der Waals surface area contributed by atoms with Gasteiger partial charge in [-0.2, -0.15) is 0 Å². The number of benzene rings is 1. The first-order valence-corrected chi connectivity index (χ1v) is 8.34. The van der Waals surface area contributed by atoms with Crippen LogP contribution in [0.1, 0.15) is 13.8 Å². The summed E-state index contributed by atoms with van der Waals surface area (Å²) in [5, 5.41) is 2.59. The molecule has 138 valence electrons. The maximum absolute atomic E-state index is 14.6. The summed E-state index contributed by atoms with van der Waals surface area (Å²) in [5.74, 6) is -0.735. The topological polar surface area (TPSA) is 79.0 Å². The van der Waals surface area contributed by atoms with Gasteiger partial charge in [-0.25, -0.2) is 9.18 Å². The van der Waals surface area contributed by atoms with E-state index in [1.807, 2.05) is 0 Å². The molecule has 7 nitrogen and oxygen atoms in total. The molecule has 8 heteroatoms. The molecule has 1 atom stereocenters. The molecule has 0 spiro atoms. The van der Waals surface area contributed by atoms with E-state index in [9.17, 15) is 18.8 Å². The number of nitrogens with zero attached hydrogens (tertiary/aromatic N) is 2. The summed E-state index contributed by atoms with van der Waals surface area (Å²) < 4.78 is 19.8. The lowest BCUT2D eigenvalue weighted by atomic mass is 10.2. The van der Waals surface area contributed by atoms with Crippen LogP contribution in [0.2, 0.25) is 0 Å². The predicted molar refractivity (Wildman–Crippen MR) is 93.7 cm³/mol. The van der Waals surface area contributed by atoms with Crippen LogP contribution in [0.4, 0.5) is 20.6 Å². The summed E-state index contributed by atoms with van der Waals surface area (Å²) in [6.45, 7) is 4.11. The number of carbonyl (C=O) groups is 3. The summed E-state index contributed by atoms with van der Waals surface area (Å²) in [6, 6.07) is 4.44. The number of Topliss-reactive ketones (excluding diaryl/α,β-unsaturated/α-hetero) is 1. The highest BCUT2D eigenvalue weighted by molar-refractivity contribution is 6.02. The summed E-state index contributed by atoms with van der Waals surface area (Å²) >= 11 is 0. The zero-order valence-corrected chi connectivity index (χ0v) is 14.6. The fourth-order valence-electron chi connectivity index (χ4n) is 3.06. The molecule has 0 aromatic heterocycles. The molecule has 2 saturated heterocycles. The van der Waals surface area contributed by atoms with Crippen molar-refractivity contribution >= 4 is 29.2 Å². The zero-order chi connectivity index (χ0) is 18.8. The second-order valence-electron chi connectivity index (χ2n) is 6.28. The number of cyclic esters (lactones) is 1. The SMILES string of the molecule is C/C=C1\CN(c2ccc(N3C[C@H](CNC(C)=O)OC3=O)cc2F)CC1=O. The quantitative estimate of drug-likeness (QED) is 0.825. The molecule has 0 aliphatic carbocycles. The molecule has 2 heterocycles. The van der Waals surface area contributed by atoms with E-state index in [1.165, 1.54) is 17.9 Å². The number of hydrogen-bond acceptors (Lipinski definition) is 5. The summed E-state index contributed by atoms with van der Waals surface area (Å²) in [6.07, 6.45) is 0.673. The van der Waals surface area contributed by atoms with Gasteiger partial charge in [0.05, 0.1) is 31.0 Å². The normalized spacial score (nSPS) is 21.5. The van der Waals surface area contributed by atoms with Crippen molar-refractivity contribution in [2.24, 2.45) is 0 Å². The van der Waals surface area contributed by atoms with Crippen molar-refractivity contribution in [3.05, 3.63) is 35.7 Å². The van der Waals surface area contributed by atoms with E-state index in [4.69, 9.17) is 4.74 Å². The van der Waals surface area contributed by atoms with Crippen molar-refractivity contribution < 1.29 is 23.5 Å². The molecular weight excluding hydrogens is 341 g/mol. The number of nitrogens with one attached hydrogen (secondary N) is 1. The fourth-order valence-corrected chi connectivity index (χ4v) is 3.06. The van der Waals surface area contributed by atoms with Crippen LogP contribution in [0.25, 0.3) is 0 Å². The second-order valence-corrected chi connectivity index (χ2v) is 6.28. The average molecular weight is 361 g/mol. The number of allylic oxidation sites excluding steroid dienone is 1. The van der Waals surface area contributed by atoms with Crippen LogP contribution in [0, 0.1) is 5.82 Å². The van der Waals surface area contributed by atoms with Crippen LogP contribution in [-0.2, 0) is 14.3 Å². The van der Waals surface area contributed by atoms with Gasteiger partial charge >= 0.3 is 6.09 Å². The van der Waals surface area contributed by atoms with Crippen molar-refractivity contribution in [2.75, 3.05) is 36.0 Å². The number of carbonyl (C=O) groups excluding carboxylic acids is 3. The first-order valence-electron chi connectivity index (χ1n) is 8.34. The first kappa shape index (κ1) is 17.9. The molecule has 1 aromatic rings. The molecular formula is C18H20FN3O4. The Morgan fingerprint density at radius 2 is 2.15 bits per heavy atom.